The molecular weight excluding hydrogens is 1780 g/mol. The fourth-order valence-corrected chi connectivity index (χ4v) is 18.1. The Morgan fingerprint density at radius 2 is 0.650 bits per heavy atom. The van der Waals surface area contributed by atoms with E-state index in [1.807, 2.05) is 57.2 Å². The lowest BCUT2D eigenvalue weighted by Gasteiger charge is -2.32. The van der Waals surface area contributed by atoms with E-state index in [1.54, 1.807) is 105 Å². The van der Waals surface area contributed by atoms with Crippen molar-refractivity contribution in [2.75, 3.05) is 61.2 Å². The van der Waals surface area contributed by atoms with Crippen LogP contribution in [0.15, 0.2) is 135 Å². The standard InChI is InChI=1S/2C20H15Cl2NO4.C19H13Cl2NO4.C16H19Cl2NO4.C11H11Cl2NO2.ClH/c2*1-26-20(25)17-15(21)8-13-10-23(6-4-14(13)18(17)22)19(24)12-3-2-11-5-7-27-16(11)9-12;20-14-7-12-9-22(5-3-13(12)17(21)16(14)19(24)25)18(23)11-2-1-10-4-6-26-15(10)8-11;1-16(2,3)23-15(21)19-6-5-10-9(8-19)7-11(17)12(13(10)18)14(20)22-4;1-16-11(15)9-8(12)4-6-5-14-3-2-7(6)10(9)13;/h2*2-3,5,7-9H,4,6,10H2,1H3;1-2,4,6-8H,3,5,9H2,(H,24,25);7H,5-6,8H2,1-4H3;4,14H,2-3,5H2,1H3;1H. The van der Waals surface area contributed by atoms with Crippen molar-refractivity contribution in [3.63, 3.8) is 0 Å². The Labute approximate surface area is 744 Å². The van der Waals surface area contributed by atoms with Gasteiger partial charge < -0.3 is 67.0 Å². The Kier molecular flexibility index (Phi) is 29.8. The van der Waals surface area contributed by atoms with Gasteiger partial charge in [-0.1, -0.05) is 134 Å². The molecule has 11 aromatic rings. The molecule has 0 saturated heterocycles. The average molecular weight is 1860 g/mol. The fourth-order valence-electron chi connectivity index (χ4n) is 14.3. The van der Waals surface area contributed by atoms with Crippen LogP contribution in [0.4, 0.5) is 4.79 Å². The number of rotatable bonds is 8. The van der Waals surface area contributed by atoms with Crippen molar-refractivity contribution < 1.29 is 85.2 Å². The minimum absolute atomic E-state index is 0. The molecule has 8 aromatic carbocycles. The number of carboxylic acids is 1. The summed E-state index contributed by atoms with van der Waals surface area (Å²) in [6, 6.07) is 30.1. The number of methoxy groups -OCH3 is 4. The highest BCUT2D eigenvalue weighted by atomic mass is 35.5. The Morgan fingerprint density at radius 1 is 0.375 bits per heavy atom. The van der Waals surface area contributed by atoms with Crippen LogP contribution in [0.25, 0.3) is 32.9 Å². The first kappa shape index (κ1) is 91.3. The van der Waals surface area contributed by atoms with E-state index in [-0.39, 0.29) is 89.2 Å². The monoisotopic (exact) mass is 1850 g/mol. The molecule has 8 heterocycles. The summed E-state index contributed by atoms with van der Waals surface area (Å²) in [6.07, 6.45) is 7.25. The van der Waals surface area contributed by atoms with Crippen molar-refractivity contribution >= 4 is 215 Å². The first-order chi connectivity index (χ1) is 56.7. The van der Waals surface area contributed by atoms with Gasteiger partial charge in [0.1, 0.15) is 22.4 Å². The van der Waals surface area contributed by atoms with Gasteiger partial charge in [0.05, 0.1) is 125 Å². The SMILES string of the molecule is COC(=O)c1c(Cl)cc2c(c1Cl)CCN(C(=O)OC(C)(C)C)C2.COC(=O)c1c(Cl)cc2c(c1Cl)CCN(C(=O)c1ccc3ccoc3c1)C2.COC(=O)c1c(Cl)cc2c(c1Cl)CCN(C(=O)c1ccc3ccoc3c1)C2.COC(=O)c1c(Cl)cc2c(c1Cl)CCNC2.Cl.O=C(O)c1c(Cl)cc2c(c1Cl)CCN(C(=O)c1ccc3ccoc3c1)C2. The largest absolute Gasteiger partial charge is 0.478 e. The maximum absolute atomic E-state index is 12.9. The van der Waals surface area contributed by atoms with E-state index >= 15 is 0 Å². The third kappa shape index (κ3) is 19.8. The highest BCUT2D eigenvalue weighted by molar-refractivity contribution is 6.43. The summed E-state index contributed by atoms with van der Waals surface area (Å²) in [5.41, 5.74) is 12.3. The van der Waals surface area contributed by atoms with Crippen molar-refractivity contribution in [3.05, 3.63) is 272 Å². The van der Waals surface area contributed by atoms with Gasteiger partial charge in [0.2, 0.25) is 0 Å². The molecule has 0 radical (unpaired) electrons. The van der Waals surface area contributed by atoms with Crippen LogP contribution in [0.1, 0.15) is 159 Å². The summed E-state index contributed by atoms with van der Waals surface area (Å²) in [5.74, 6) is -3.67. The molecule has 16 rings (SSSR count). The van der Waals surface area contributed by atoms with Crippen LogP contribution < -0.4 is 5.32 Å². The van der Waals surface area contributed by atoms with Gasteiger partial charge in [0, 0.05) is 91.8 Å². The van der Waals surface area contributed by atoms with E-state index < -0.39 is 35.4 Å². The summed E-state index contributed by atoms with van der Waals surface area (Å²) in [4.78, 5) is 116. The van der Waals surface area contributed by atoms with Gasteiger partial charge in [-0.2, -0.15) is 0 Å². The summed E-state index contributed by atoms with van der Waals surface area (Å²) < 4.78 is 40.4. The molecule has 0 spiro atoms. The van der Waals surface area contributed by atoms with Crippen LogP contribution in [-0.4, -0.2) is 145 Å². The van der Waals surface area contributed by atoms with E-state index in [2.05, 4.69) is 10.1 Å². The highest BCUT2D eigenvalue weighted by Crippen LogP contribution is 2.42. The second-order valence-corrected chi connectivity index (χ2v) is 32.7. The Bertz CT molecular complexity index is 5750. The molecule has 2 N–H and O–H groups in total. The van der Waals surface area contributed by atoms with Crippen LogP contribution >= 0.6 is 128 Å². The number of carbonyl (C=O) groups is 9. The summed E-state index contributed by atoms with van der Waals surface area (Å²) >= 11 is 62.3. The first-order valence-electron chi connectivity index (χ1n) is 36.8. The number of hydrogen-bond acceptors (Lipinski definition) is 18. The molecule has 3 aromatic heterocycles. The zero-order valence-electron chi connectivity index (χ0n) is 65.0. The fraction of sp³-hybridized carbons (Fsp3) is 0.267. The number of ether oxygens (including phenoxy) is 5. The Morgan fingerprint density at radius 3 is 0.950 bits per heavy atom. The van der Waals surface area contributed by atoms with Crippen molar-refractivity contribution in [2.45, 2.75) is 91.2 Å². The van der Waals surface area contributed by atoms with E-state index in [4.69, 9.17) is 148 Å². The smallest absolute Gasteiger partial charge is 0.410 e. The molecule has 0 atom stereocenters. The number of esters is 4. The maximum atomic E-state index is 12.9. The lowest BCUT2D eigenvalue weighted by molar-refractivity contribution is 0.0222. The molecule has 23 nitrogen and oxygen atoms in total. The number of aromatic carboxylic acids is 1. The number of nitrogens with zero attached hydrogens (tertiary/aromatic N) is 4. The van der Waals surface area contributed by atoms with Gasteiger partial charge in [-0.15, -0.1) is 12.4 Å². The van der Waals surface area contributed by atoms with Crippen molar-refractivity contribution in [1.29, 1.82) is 0 Å². The number of carbonyl (C=O) groups excluding carboxylic acids is 8. The lowest BCUT2D eigenvalue weighted by Crippen LogP contribution is -2.40. The highest BCUT2D eigenvalue weighted by Gasteiger charge is 2.35. The summed E-state index contributed by atoms with van der Waals surface area (Å²) in [7, 11) is 5.16. The number of nitrogens with one attached hydrogen (secondary N) is 1. The van der Waals surface area contributed by atoms with Crippen LogP contribution in [0.3, 0.4) is 0 Å². The summed E-state index contributed by atoms with van der Waals surface area (Å²) in [6.45, 7) is 10.3. The van der Waals surface area contributed by atoms with Gasteiger partial charge in [0.15, 0.2) is 0 Å². The second-order valence-electron chi connectivity index (χ2n) is 28.7. The van der Waals surface area contributed by atoms with Crippen molar-refractivity contribution in [1.82, 2.24) is 24.9 Å². The van der Waals surface area contributed by atoms with Gasteiger partial charge in [-0.05, 0) is 200 Å². The number of carboxylic acid groups (broad SMARTS) is 1. The first-order valence-corrected chi connectivity index (χ1v) is 40.5. The molecular formula is C86H74Cl11N5O18. The van der Waals surface area contributed by atoms with E-state index in [0.717, 1.165) is 91.3 Å². The quantitative estimate of drug-likeness (QED) is 0.106. The molecule has 5 aliphatic rings. The van der Waals surface area contributed by atoms with Gasteiger partial charge in [-0.25, -0.2) is 28.8 Å². The third-order valence-corrected chi connectivity index (χ3v) is 23.9. The molecule has 628 valence electrons. The minimum atomic E-state index is -1.16. The maximum Gasteiger partial charge on any atom is 0.410 e. The lowest BCUT2D eigenvalue weighted by atomic mass is 9.96. The molecule has 120 heavy (non-hydrogen) atoms. The number of benzene rings is 8. The number of amides is 4. The van der Waals surface area contributed by atoms with Crippen molar-refractivity contribution in [2.24, 2.45) is 0 Å². The normalized spacial score (nSPS) is 13.7. The van der Waals surface area contributed by atoms with E-state index in [9.17, 15) is 48.3 Å². The molecule has 5 aliphatic heterocycles. The van der Waals surface area contributed by atoms with Crippen LogP contribution in [-0.2, 0) is 88.5 Å². The predicted octanol–water partition coefficient (Wildman–Crippen LogP) is 21.0. The topological polar surface area (TPSA) is 284 Å². The Balaban J connectivity index is 0.000000148. The molecule has 0 bridgehead atoms. The van der Waals surface area contributed by atoms with Crippen LogP contribution in [0.5, 0.6) is 0 Å². The second kappa shape index (κ2) is 39.2. The molecule has 0 aliphatic carbocycles. The average Bonchev–Trinajstić information content (AvgIpc) is 0.857. The minimum Gasteiger partial charge on any atom is -0.478 e. The van der Waals surface area contributed by atoms with E-state index in [1.165, 1.54) is 28.4 Å². The molecule has 0 unspecified atom stereocenters. The Hall–Kier alpha value is -9.44. The van der Waals surface area contributed by atoms with Gasteiger partial charge in [-0.3, -0.25) is 14.4 Å². The third-order valence-electron chi connectivity index (χ3n) is 20.3. The summed E-state index contributed by atoms with van der Waals surface area (Å²) in [5, 5.41) is 17.9. The molecule has 0 saturated carbocycles. The molecule has 0 fully saturated rings. The molecule has 34 heteroatoms. The van der Waals surface area contributed by atoms with Crippen LogP contribution in [0, 0.1) is 0 Å². The van der Waals surface area contributed by atoms with Gasteiger partial charge in [0.25, 0.3) is 17.7 Å². The molecule has 4 amide bonds. The van der Waals surface area contributed by atoms with Crippen molar-refractivity contribution in [3.8, 4) is 0 Å². The number of halogens is 11. The zero-order valence-corrected chi connectivity index (χ0v) is 73.4. The zero-order chi connectivity index (χ0) is 85.7. The number of fused-ring (bicyclic) bond motifs is 8. The number of furan rings is 3. The van der Waals surface area contributed by atoms with Gasteiger partial charge >= 0.3 is 35.9 Å². The predicted molar refractivity (Wildman–Crippen MR) is 462 cm³/mol. The van der Waals surface area contributed by atoms with E-state index in [0.29, 0.717) is 137 Å². The van der Waals surface area contributed by atoms with Crippen LogP contribution in [0.2, 0.25) is 50.2 Å². The number of hydrogen-bond donors (Lipinski definition) is 2.